The molecule has 0 aliphatic rings. The summed E-state index contributed by atoms with van der Waals surface area (Å²) in [4.78, 5) is 25.5. The number of hydrogen-bond acceptors (Lipinski definition) is 4. The number of nitrogens with one attached hydrogen (secondary N) is 1. The van der Waals surface area contributed by atoms with E-state index in [0.717, 1.165) is 24.4 Å². The third-order valence-corrected chi connectivity index (χ3v) is 5.29. The molecule has 0 spiro atoms. The monoisotopic (exact) mass is 383 g/mol. The third-order valence-electron chi connectivity index (χ3n) is 4.30. The molecule has 1 N–H and O–H groups in total. The van der Waals surface area contributed by atoms with Crippen molar-refractivity contribution < 1.29 is 4.79 Å². The summed E-state index contributed by atoms with van der Waals surface area (Å²) in [5, 5.41) is 3.05. The predicted molar refractivity (Wildman–Crippen MR) is 108 cm³/mol. The number of urea groups is 1. The Balaban J connectivity index is 1.62. The number of imidazole rings is 1. The van der Waals surface area contributed by atoms with Crippen molar-refractivity contribution >= 4 is 17.4 Å². The number of thiophene rings is 1. The lowest BCUT2D eigenvalue weighted by Gasteiger charge is -2.23. The first-order chi connectivity index (χ1) is 13.2. The van der Waals surface area contributed by atoms with Gasteiger partial charge in [-0.05, 0) is 36.8 Å². The van der Waals surface area contributed by atoms with Gasteiger partial charge >= 0.3 is 6.03 Å². The lowest BCUT2D eigenvalue weighted by molar-refractivity contribution is 0.192. The first kappa shape index (κ1) is 19.1. The highest BCUT2D eigenvalue weighted by atomic mass is 32.1. The van der Waals surface area contributed by atoms with Crippen LogP contribution in [0.25, 0.3) is 0 Å². The predicted octanol–water partition coefficient (Wildman–Crippen LogP) is 3.62. The van der Waals surface area contributed by atoms with Crippen molar-refractivity contribution in [1.29, 1.82) is 0 Å². The maximum absolute atomic E-state index is 12.8. The summed E-state index contributed by atoms with van der Waals surface area (Å²) in [6.45, 7) is 6.60. The standard InChI is InChI=1S/C20H25N5OS/c1-3-19-22-10-12-24(19)13-11-23-20(26)25(14-17-6-8-21-9-7-17)15-18-5-4-16(2)27-18/h4-10,12H,3,11,13-15H2,1-2H3,(H,23,26). The lowest BCUT2D eigenvalue weighted by Crippen LogP contribution is -2.40. The van der Waals surface area contributed by atoms with Gasteiger partial charge in [0.1, 0.15) is 5.82 Å². The van der Waals surface area contributed by atoms with E-state index in [1.165, 1.54) is 9.75 Å². The van der Waals surface area contributed by atoms with Gasteiger partial charge in [0.25, 0.3) is 0 Å². The van der Waals surface area contributed by atoms with E-state index in [-0.39, 0.29) is 6.03 Å². The molecule has 3 aromatic heterocycles. The highest BCUT2D eigenvalue weighted by Crippen LogP contribution is 2.18. The smallest absolute Gasteiger partial charge is 0.318 e. The molecule has 7 heteroatoms. The molecule has 0 saturated heterocycles. The second-order valence-corrected chi connectivity index (χ2v) is 7.72. The quantitative estimate of drug-likeness (QED) is 0.646. The summed E-state index contributed by atoms with van der Waals surface area (Å²) in [5.41, 5.74) is 1.07. The molecule has 27 heavy (non-hydrogen) atoms. The zero-order valence-corrected chi connectivity index (χ0v) is 16.6. The average molecular weight is 384 g/mol. The largest absolute Gasteiger partial charge is 0.336 e. The summed E-state index contributed by atoms with van der Waals surface area (Å²) >= 11 is 1.72. The molecule has 3 rings (SSSR count). The summed E-state index contributed by atoms with van der Waals surface area (Å²) < 4.78 is 2.08. The molecule has 0 unspecified atom stereocenters. The van der Waals surface area contributed by atoms with E-state index >= 15 is 0 Å². The van der Waals surface area contributed by atoms with Crippen LogP contribution in [0.2, 0.25) is 0 Å². The van der Waals surface area contributed by atoms with Gasteiger partial charge in [0, 0.05) is 60.6 Å². The molecule has 0 radical (unpaired) electrons. The van der Waals surface area contributed by atoms with Crippen molar-refractivity contribution in [3.05, 3.63) is 70.2 Å². The van der Waals surface area contributed by atoms with E-state index in [1.54, 1.807) is 29.9 Å². The van der Waals surface area contributed by atoms with Crippen molar-refractivity contribution in [2.75, 3.05) is 6.54 Å². The normalized spacial score (nSPS) is 10.7. The Kier molecular flexibility index (Phi) is 6.59. The van der Waals surface area contributed by atoms with Gasteiger partial charge in [-0.25, -0.2) is 9.78 Å². The molecular weight excluding hydrogens is 358 g/mol. The Morgan fingerprint density at radius 2 is 2.00 bits per heavy atom. The zero-order chi connectivity index (χ0) is 19.1. The number of carbonyl (C=O) groups is 1. The van der Waals surface area contributed by atoms with Crippen molar-refractivity contribution in [1.82, 2.24) is 24.8 Å². The second kappa shape index (κ2) is 9.32. The number of hydrogen-bond donors (Lipinski definition) is 1. The van der Waals surface area contributed by atoms with Gasteiger partial charge in [0.2, 0.25) is 0 Å². The van der Waals surface area contributed by atoms with Gasteiger partial charge in [-0.3, -0.25) is 4.98 Å². The number of carbonyl (C=O) groups excluding carboxylic acids is 1. The van der Waals surface area contributed by atoms with E-state index in [4.69, 9.17) is 0 Å². The number of rotatable bonds is 8. The van der Waals surface area contributed by atoms with Crippen LogP contribution in [-0.2, 0) is 26.1 Å². The van der Waals surface area contributed by atoms with Crippen molar-refractivity contribution in [2.24, 2.45) is 0 Å². The summed E-state index contributed by atoms with van der Waals surface area (Å²) in [7, 11) is 0. The summed E-state index contributed by atoms with van der Waals surface area (Å²) in [6, 6.07) is 8.01. The number of nitrogens with zero attached hydrogens (tertiary/aromatic N) is 4. The second-order valence-electron chi connectivity index (χ2n) is 6.35. The molecule has 6 nitrogen and oxygen atoms in total. The maximum Gasteiger partial charge on any atom is 0.318 e. The minimum absolute atomic E-state index is 0.0592. The SMILES string of the molecule is CCc1nccn1CCNC(=O)N(Cc1ccncc1)Cc1ccc(C)s1. The van der Waals surface area contributed by atoms with Gasteiger partial charge in [-0.1, -0.05) is 6.92 Å². The molecule has 142 valence electrons. The fraction of sp³-hybridized carbons (Fsp3) is 0.350. The maximum atomic E-state index is 12.8. The van der Waals surface area contributed by atoms with E-state index < -0.39 is 0 Å². The topological polar surface area (TPSA) is 63.1 Å². The minimum atomic E-state index is -0.0592. The van der Waals surface area contributed by atoms with Gasteiger partial charge in [-0.2, -0.15) is 0 Å². The number of aromatic nitrogens is 3. The van der Waals surface area contributed by atoms with Crippen LogP contribution in [0.5, 0.6) is 0 Å². The van der Waals surface area contributed by atoms with E-state index in [1.807, 2.05) is 23.2 Å². The first-order valence-electron chi connectivity index (χ1n) is 9.12. The highest BCUT2D eigenvalue weighted by Gasteiger charge is 2.15. The van der Waals surface area contributed by atoms with Crippen LogP contribution in [0.1, 0.15) is 28.1 Å². The Morgan fingerprint density at radius 1 is 1.19 bits per heavy atom. The molecule has 3 aromatic rings. The Bertz CT molecular complexity index is 858. The van der Waals surface area contributed by atoms with E-state index in [0.29, 0.717) is 19.6 Å². The third kappa shape index (κ3) is 5.40. The summed E-state index contributed by atoms with van der Waals surface area (Å²) in [6.07, 6.45) is 8.15. The fourth-order valence-electron chi connectivity index (χ4n) is 2.92. The van der Waals surface area contributed by atoms with E-state index in [2.05, 4.69) is 45.8 Å². The molecule has 0 atom stereocenters. The van der Waals surface area contributed by atoms with Crippen LogP contribution >= 0.6 is 11.3 Å². The Morgan fingerprint density at radius 3 is 2.70 bits per heavy atom. The van der Waals surface area contributed by atoms with Crippen LogP contribution in [0, 0.1) is 6.92 Å². The first-order valence-corrected chi connectivity index (χ1v) is 9.94. The fourth-order valence-corrected chi connectivity index (χ4v) is 3.83. The zero-order valence-electron chi connectivity index (χ0n) is 15.8. The molecule has 0 bridgehead atoms. The van der Waals surface area contributed by atoms with Crippen LogP contribution in [0.3, 0.4) is 0 Å². The van der Waals surface area contributed by atoms with Crippen LogP contribution in [0.4, 0.5) is 4.79 Å². The highest BCUT2D eigenvalue weighted by molar-refractivity contribution is 7.11. The Labute approximate surface area is 163 Å². The number of aryl methyl sites for hydroxylation is 2. The molecule has 2 amide bonds. The number of pyridine rings is 1. The molecule has 0 aliphatic carbocycles. The molecule has 0 aromatic carbocycles. The van der Waals surface area contributed by atoms with Gasteiger partial charge in [-0.15, -0.1) is 11.3 Å². The summed E-state index contributed by atoms with van der Waals surface area (Å²) in [5.74, 6) is 1.03. The molecule has 0 fully saturated rings. The molecule has 0 saturated carbocycles. The molecule has 0 aliphatic heterocycles. The van der Waals surface area contributed by atoms with Gasteiger partial charge < -0.3 is 14.8 Å². The van der Waals surface area contributed by atoms with Crippen LogP contribution in [0.15, 0.2) is 49.1 Å². The lowest BCUT2D eigenvalue weighted by atomic mass is 10.2. The van der Waals surface area contributed by atoms with Crippen molar-refractivity contribution in [3.63, 3.8) is 0 Å². The minimum Gasteiger partial charge on any atom is -0.336 e. The molecular formula is C20H25N5OS. The van der Waals surface area contributed by atoms with Crippen LogP contribution in [-0.4, -0.2) is 32.0 Å². The number of amides is 2. The van der Waals surface area contributed by atoms with E-state index in [9.17, 15) is 4.79 Å². The van der Waals surface area contributed by atoms with Crippen LogP contribution < -0.4 is 5.32 Å². The van der Waals surface area contributed by atoms with Gasteiger partial charge in [0.15, 0.2) is 0 Å². The Hall–Kier alpha value is -2.67. The average Bonchev–Trinajstić information content (AvgIpc) is 3.30. The molecule has 3 heterocycles. The van der Waals surface area contributed by atoms with Crippen molar-refractivity contribution in [2.45, 2.75) is 39.9 Å². The van der Waals surface area contributed by atoms with Gasteiger partial charge in [0.05, 0.1) is 6.54 Å². The van der Waals surface area contributed by atoms with Crippen molar-refractivity contribution in [3.8, 4) is 0 Å².